The molecule has 1 aromatic heterocycles. The van der Waals surface area contributed by atoms with E-state index in [0.29, 0.717) is 28.1 Å². The molecule has 1 heterocycles. The van der Waals surface area contributed by atoms with Crippen LogP contribution in [0.1, 0.15) is 20.8 Å². The second-order valence-corrected chi connectivity index (χ2v) is 8.79. The monoisotopic (exact) mass is 464 g/mol. The van der Waals surface area contributed by atoms with Gasteiger partial charge in [-0.25, -0.2) is 12.8 Å². The highest BCUT2D eigenvalue weighted by atomic mass is 35.5. The Bertz CT molecular complexity index is 1190. The smallest absolute Gasteiger partial charge is 0.236 e. The number of hydrogen-bond acceptors (Lipinski definition) is 4. The molecule has 0 fully saturated rings. The van der Waals surface area contributed by atoms with Crippen LogP contribution in [0.4, 0.5) is 15.9 Å². The lowest BCUT2D eigenvalue weighted by Crippen LogP contribution is -2.15. The number of nitrogens with two attached hydrogens (primary N) is 1. The summed E-state index contributed by atoms with van der Waals surface area (Å²) < 4.78 is 40.8. The Morgan fingerprint density at radius 3 is 2.45 bits per heavy atom. The van der Waals surface area contributed by atoms with Gasteiger partial charge in [-0.15, -0.1) is 11.6 Å². The average Bonchev–Trinajstić information content (AvgIpc) is 3.14. The van der Waals surface area contributed by atoms with Crippen LogP contribution >= 0.6 is 11.6 Å². The van der Waals surface area contributed by atoms with Gasteiger partial charge < -0.3 is 5.73 Å². The predicted molar refractivity (Wildman–Crippen MR) is 128 cm³/mol. The number of H-pyrrole nitrogens is 1. The summed E-state index contributed by atoms with van der Waals surface area (Å²) in [6.45, 7) is 5.74. The largest absolute Gasteiger partial charge is 0.382 e. The lowest BCUT2D eigenvalue weighted by atomic mass is 10.0. The van der Waals surface area contributed by atoms with Crippen LogP contribution in [0.3, 0.4) is 0 Å². The molecule has 31 heavy (non-hydrogen) atoms. The van der Waals surface area contributed by atoms with Gasteiger partial charge >= 0.3 is 0 Å². The molecule has 166 valence electrons. The van der Waals surface area contributed by atoms with Gasteiger partial charge in [0.1, 0.15) is 5.52 Å². The zero-order valence-electron chi connectivity index (χ0n) is 17.6. The van der Waals surface area contributed by atoms with Gasteiger partial charge in [0.15, 0.2) is 11.6 Å². The summed E-state index contributed by atoms with van der Waals surface area (Å²) in [7, 11) is -3.45. The number of anilines is 2. The lowest BCUT2D eigenvalue weighted by Gasteiger charge is -2.08. The molecule has 0 spiro atoms. The Hall–Kier alpha value is -2.84. The minimum atomic E-state index is -3.45. The van der Waals surface area contributed by atoms with E-state index in [1.165, 1.54) is 5.57 Å². The maximum Gasteiger partial charge on any atom is 0.236 e. The molecule has 0 saturated carbocycles. The molecule has 6 nitrogen and oxygen atoms in total. The fourth-order valence-corrected chi connectivity index (χ4v) is 3.72. The van der Waals surface area contributed by atoms with Crippen molar-refractivity contribution in [2.75, 3.05) is 22.1 Å². The van der Waals surface area contributed by atoms with Gasteiger partial charge in [0, 0.05) is 22.5 Å². The first-order chi connectivity index (χ1) is 14.7. The molecule has 3 rings (SSSR count). The van der Waals surface area contributed by atoms with Gasteiger partial charge in [-0.1, -0.05) is 42.0 Å². The van der Waals surface area contributed by atoms with Crippen LogP contribution < -0.4 is 10.5 Å². The maximum atomic E-state index is 14.6. The minimum Gasteiger partial charge on any atom is -0.382 e. The Balaban J connectivity index is 0.000000501. The van der Waals surface area contributed by atoms with Crippen molar-refractivity contribution in [1.29, 1.82) is 0 Å². The number of sulfonamides is 1. The summed E-state index contributed by atoms with van der Waals surface area (Å²) in [6.07, 6.45) is 5.23. The number of aromatic nitrogens is 2. The Morgan fingerprint density at radius 2 is 1.90 bits per heavy atom. The molecule has 0 atom stereocenters. The van der Waals surface area contributed by atoms with Crippen molar-refractivity contribution in [3.8, 4) is 11.1 Å². The van der Waals surface area contributed by atoms with E-state index < -0.39 is 15.8 Å². The lowest BCUT2D eigenvalue weighted by molar-refractivity contribution is 0.604. The van der Waals surface area contributed by atoms with Crippen molar-refractivity contribution in [1.82, 2.24) is 10.2 Å². The Labute approximate surface area is 187 Å². The van der Waals surface area contributed by atoms with Gasteiger partial charge in [0.2, 0.25) is 10.0 Å². The Kier molecular flexibility index (Phi) is 8.65. The van der Waals surface area contributed by atoms with Crippen molar-refractivity contribution in [2.24, 2.45) is 0 Å². The summed E-state index contributed by atoms with van der Waals surface area (Å²) in [6, 6.07) is 9.80. The third kappa shape index (κ3) is 6.57. The van der Waals surface area contributed by atoms with Crippen molar-refractivity contribution in [3.05, 3.63) is 66.0 Å². The predicted octanol–water partition coefficient (Wildman–Crippen LogP) is 5.46. The van der Waals surface area contributed by atoms with Crippen LogP contribution in [0, 0.1) is 5.82 Å². The molecule has 0 unspecified atom stereocenters. The van der Waals surface area contributed by atoms with E-state index >= 15 is 0 Å². The summed E-state index contributed by atoms with van der Waals surface area (Å²) in [5, 5.41) is 6.90. The van der Waals surface area contributed by atoms with E-state index in [9.17, 15) is 12.8 Å². The normalized spacial score (nSPS) is 12.1. The number of benzene rings is 2. The maximum absolute atomic E-state index is 14.6. The number of nitrogen functional groups attached to an aromatic ring is 1. The molecule has 3 aromatic rings. The number of rotatable bonds is 6. The van der Waals surface area contributed by atoms with Gasteiger partial charge in [0.25, 0.3) is 0 Å². The molecule has 0 aliphatic carbocycles. The van der Waals surface area contributed by atoms with E-state index in [1.54, 1.807) is 55.5 Å². The third-order valence-corrected chi connectivity index (χ3v) is 6.03. The van der Waals surface area contributed by atoms with Gasteiger partial charge in [0.05, 0.1) is 5.75 Å². The molecule has 0 aliphatic rings. The highest BCUT2D eigenvalue weighted by molar-refractivity contribution is 7.92. The van der Waals surface area contributed by atoms with Crippen molar-refractivity contribution in [2.45, 2.75) is 20.8 Å². The van der Waals surface area contributed by atoms with Crippen LogP contribution in [-0.2, 0) is 10.0 Å². The number of fused-ring (bicyclic) bond motifs is 1. The van der Waals surface area contributed by atoms with Crippen LogP contribution in [0.5, 0.6) is 0 Å². The van der Waals surface area contributed by atoms with Gasteiger partial charge in [-0.2, -0.15) is 5.10 Å². The summed E-state index contributed by atoms with van der Waals surface area (Å²) in [5.74, 6) is 0.350. The molecular formula is C22H26ClFN4O2S. The number of allylic oxidation sites excluding steroid dienone is 3. The van der Waals surface area contributed by atoms with E-state index in [4.69, 9.17) is 17.3 Å². The summed E-state index contributed by atoms with van der Waals surface area (Å²) in [4.78, 5) is 0. The van der Waals surface area contributed by atoms with Crippen LogP contribution in [0.25, 0.3) is 22.0 Å². The zero-order valence-corrected chi connectivity index (χ0v) is 19.2. The Morgan fingerprint density at radius 1 is 1.23 bits per heavy atom. The third-order valence-electron chi connectivity index (χ3n) is 4.43. The molecule has 4 N–H and O–H groups in total. The van der Waals surface area contributed by atoms with Crippen molar-refractivity contribution >= 4 is 44.0 Å². The number of nitrogens with zero attached hydrogens (tertiary/aromatic N) is 1. The zero-order chi connectivity index (χ0) is 23.0. The first-order valence-corrected chi connectivity index (χ1v) is 11.7. The minimum absolute atomic E-state index is 0.0994. The van der Waals surface area contributed by atoms with Crippen molar-refractivity contribution < 1.29 is 12.8 Å². The second kappa shape index (κ2) is 11.0. The van der Waals surface area contributed by atoms with Crippen LogP contribution in [-0.4, -0.2) is 30.2 Å². The molecule has 0 radical (unpaired) electrons. The first kappa shape index (κ1) is 24.4. The van der Waals surface area contributed by atoms with E-state index in [-0.39, 0.29) is 17.1 Å². The summed E-state index contributed by atoms with van der Waals surface area (Å²) >= 11 is 5.38. The second-order valence-electron chi connectivity index (χ2n) is 6.76. The SMILES string of the molecule is C/C=C(/C)CCl.C/C=C/CS(=O)(=O)Nc1ccc(-c2ccc3c(N)n[nH]c3c2F)cc1. The molecule has 0 aliphatic heterocycles. The molecule has 2 aromatic carbocycles. The molecule has 0 bridgehead atoms. The quantitative estimate of drug-likeness (QED) is 0.333. The van der Waals surface area contributed by atoms with Crippen LogP contribution in [0.15, 0.2) is 60.2 Å². The number of halogens is 2. The highest BCUT2D eigenvalue weighted by Gasteiger charge is 2.14. The summed E-state index contributed by atoms with van der Waals surface area (Å²) in [5.41, 5.74) is 8.55. The molecule has 9 heteroatoms. The topological polar surface area (TPSA) is 101 Å². The fourth-order valence-electron chi connectivity index (χ4n) is 2.54. The number of nitrogens with one attached hydrogen (secondary N) is 2. The standard InChI is InChI=1S/C17H17FN4O2S.C5H9Cl/c1-2-3-10-25(23,24)22-12-6-4-11(5-7-12)13-8-9-14-16(15(13)18)20-21-17(14)19;1-3-5(2)4-6/h2-9,22H,10H2,1H3,(H3,19,20,21);3H,4H2,1-2H3/b3-2+;5-3-. The van der Waals surface area contributed by atoms with Crippen LogP contribution in [0.2, 0.25) is 0 Å². The molecule has 0 saturated heterocycles. The van der Waals surface area contributed by atoms with E-state index in [1.807, 2.05) is 19.9 Å². The van der Waals surface area contributed by atoms with E-state index in [0.717, 1.165) is 0 Å². The van der Waals surface area contributed by atoms with Gasteiger partial charge in [-0.05, 0) is 44.5 Å². The first-order valence-electron chi connectivity index (χ1n) is 9.54. The van der Waals surface area contributed by atoms with Gasteiger partial charge in [-0.3, -0.25) is 9.82 Å². The number of aromatic amines is 1. The average molecular weight is 465 g/mol. The molecular weight excluding hydrogens is 439 g/mol. The van der Waals surface area contributed by atoms with Crippen molar-refractivity contribution in [3.63, 3.8) is 0 Å². The number of alkyl halides is 1. The fraction of sp³-hybridized carbons (Fsp3) is 0.227. The highest BCUT2D eigenvalue weighted by Crippen LogP contribution is 2.30. The van der Waals surface area contributed by atoms with E-state index in [2.05, 4.69) is 14.9 Å². The molecule has 0 amide bonds. The number of hydrogen-bond donors (Lipinski definition) is 3.